The summed E-state index contributed by atoms with van der Waals surface area (Å²) in [6.45, 7) is 13.1. The first-order valence-corrected chi connectivity index (χ1v) is 11.8. The lowest BCUT2D eigenvalue weighted by Gasteiger charge is -2.38. The van der Waals surface area contributed by atoms with Crippen molar-refractivity contribution in [3.8, 4) is 0 Å². The average Bonchev–Trinajstić information content (AvgIpc) is 2.72. The number of aliphatic imine (C=N–C) groups is 1. The highest BCUT2D eigenvalue weighted by Gasteiger charge is 2.32. The standard InChI is InChI=1S/C22H36N4OS.HI/c1-4-23-21(24-18-22(28-3)8-14-27-15-9-22)26-12-10-25(11-13-26)17-20-7-5-6-19(2)16-20;/h5-7,16H,4,8-15,17-18H2,1-3H3,(H,23,24);1H. The highest BCUT2D eigenvalue weighted by molar-refractivity contribution is 14.0. The van der Waals surface area contributed by atoms with Crippen LogP contribution in [0.5, 0.6) is 0 Å². The molecule has 0 atom stereocenters. The van der Waals surface area contributed by atoms with E-state index in [0.29, 0.717) is 0 Å². The number of hydrogen-bond acceptors (Lipinski definition) is 4. The van der Waals surface area contributed by atoms with Crippen molar-refractivity contribution in [2.75, 3.05) is 58.7 Å². The van der Waals surface area contributed by atoms with Crippen molar-refractivity contribution in [1.29, 1.82) is 0 Å². The molecule has 0 radical (unpaired) electrons. The first-order chi connectivity index (χ1) is 13.6. The van der Waals surface area contributed by atoms with E-state index in [9.17, 15) is 0 Å². The molecule has 0 bridgehead atoms. The predicted octanol–water partition coefficient (Wildman–Crippen LogP) is 3.61. The summed E-state index contributed by atoms with van der Waals surface area (Å²) in [7, 11) is 0. The third-order valence-corrected chi connectivity index (χ3v) is 7.25. The first kappa shape index (κ1) is 24.8. The Kier molecular flexibility index (Phi) is 10.6. The molecule has 2 fully saturated rings. The smallest absolute Gasteiger partial charge is 0.194 e. The van der Waals surface area contributed by atoms with Gasteiger partial charge in [0.25, 0.3) is 0 Å². The molecule has 2 saturated heterocycles. The maximum atomic E-state index is 5.57. The SMILES string of the molecule is CCNC(=NCC1(SC)CCOCC1)N1CCN(Cc2cccc(C)c2)CC1.I. The third-order valence-electron chi connectivity index (χ3n) is 5.85. The molecule has 5 nitrogen and oxygen atoms in total. The second kappa shape index (κ2) is 12.4. The van der Waals surface area contributed by atoms with Gasteiger partial charge in [-0.1, -0.05) is 29.8 Å². The molecule has 0 aliphatic carbocycles. The van der Waals surface area contributed by atoms with Crippen molar-refractivity contribution in [3.05, 3.63) is 35.4 Å². The highest BCUT2D eigenvalue weighted by Crippen LogP contribution is 2.34. The van der Waals surface area contributed by atoms with Gasteiger partial charge in [-0.15, -0.1) is 24.0 Å². The van der Waals surface area contributed by atoms with Gasteiger partial charge in [-0.05, 0) is 38.5 Å². The van der Waals surface area contributed by atoms with Gasteiger partial charge in [-0.25, -0.2) is 0 Å². The van der Waals surface area contributed by atoms with Crippen LogP contribution >= 0.6 is 35.7 Å². The third kappa shape index (κ3) is 7.29. The topological polar surface area (TPSA) is 40.1 Å². The number of rotatable bonds is 6. The second-order valence-electron chi connectivity index (χ2n) is 7.92. The van der Waals surface area contributed by atoms with Crippen LogP contribution in [0.1, 0.15) is 30.9 Å². The molecule has 0 spiro atoms. The number of ether oxygens (including phenoxy) is 1. The number of nitrogens with one attached hydrogen (secondary N) is 1. The van der Waals surface area contributed by atoms with Crippen LogP contribution in [0, 0.1) is 6.92 Å². The highest BCUT2D eigenvalue weighted by atomic mass is 127. The Hall–Kier alpha value is -0.510. The van der Waals surface area contributed by atoms with E-state index in [1.807, 2.05) is 11.8 Å². The fourth-order valence-corrected chi connectivity index (χ4v) is 4.77. The molecule has 0 unspecified atom stereocenters. The van der Waals surface area contributed by atoms with E-state index in [1.165, 1.54) is 11.1 Å². The van der Waals surface area contributed by atoms with E-state index < -0.39 is 0 Å². The van der Waals surface area contributed by atoms with Crippen LogP contribution in [0.4, 0.5) is 0 Å². The summed E-state index contributed by atoms with van der Waals surface area (Å²) in [5.41, 5.74) is 2.75. The summed E-state index contributed by atoms with van der Waals surface area (Å²) < 4.78 is 5.81. The Morgan fingerprint density at radius 2 is 1.93 bits per heavy atom. The lowest BCUT2D eigenvalue weighted by Crippen LogP contribution is -2.52. The van der Waals surface area contributed by atoms with Gasteiger partial charge in [0, 0.05) is 57.2 Å². The second-order valence-corrected chi connectivity index (χ2v) is 9.20. The van der Waals surface area contributed by atoms with Gasteiger partial charge in [-0.3, -0.25) is 9.89 Å². The van der Waals surface area contributed by atoms with Crippen LogP contribution in [0.2, 0.25) is 0 Å². The molecule has 1 aromatic rings. The molecule has 1 N–H and O–H groups in total. The summed E-state index contributed by atoms with van der Waals surface area (Å²) in [4.78, 5) is 10.0. The molecule has 7 heteroatoms. The fraction of sp³-hybridized carbons (Fsp3) is 0.682. The monoisotopic (exact) mass is 532 g/mol. The minimum atomic E-state index is 0. The van der Waals surface area contributed by atoms with E-state index in [4.69, 9.17) is 9.73 Å². The number of guanidine groups is 1. The van der Waals surface area contributed by atoms with E-state index in [1.54, 1.807) is 0 Å². The number of piperazine rings is 1. The zero-order valence-electron chi connectivity index (χ0n) is 18.2. The van der Waals surface area contributed by atoms with Gasteiger partial charge in [0.15, 0.2) is 5.96 Å². The summed E-state index contributed by atoms with van der Waals surface area (Å²) >= 11 is 1.96. The van der Waals surface area contributed by atoms with Crippen LogP contribution < -0.4 is 5.32 Å². The summed E-state index contributed by atoms with van der Waals surface area (Å²) in [6.07, 6.45) is 4.42. The maximum absolute atomic E-state index is 5.57. The number of hydrogen-bond donors (Lipinski definition) is 1. The number of nitrogens with zero attached hydrogens (tertiary/aromatic N) is 3. The van der Waals surface area contributed by atoms with Gasteiger partial charge in [0.1, 0.15) is 0 Å². The quantitative estimate of drug-likeness (QED) is 0.345. The van der Waals surface area contributed by atoms with Crippen molar-refractivity contribution in [1.82, 2.24) is 15.1 Å². The van der Waals surface area contributed by atoms with Gasteiger partial charge in [0.05, 0.1) is 6.54 Å². The van der Waals surface area contributed by atoms with Crippen molar-refractivity contribution >= 4 is 41.7 Å². The fourth-order valence-electron chi connectivity index (χ4n) is 4.00. The molecule has 0 saturated carbocycles. The number of aryl methyl sites for hydroxylation is 1. The Balaban J connectivity index is 0.00000300. The lowest BCUT2D eigenvalue weighted by atomic mass is 9.99. The molecule has 2 heterocycles. The molecular formula is C22H37IN4OS. The van der Waals surface area contributed by atoms with Crippen LogP contribution in [0.15, 0.2) is 29.3 Å². The minimum Gasteiger partial charge on any atom is -0.381 e. The van der Waals surface area contributed by atoms with Crippen molar-refractivity contribution in [2.45, 2.75) is 38.0 Å². The molecule has 1 aromatic carbocycles. The van der Waals surface area contributed by atoms with Crippen LogP contribution in [0.25, 0.3) is 0 Å². The molecule has 0 aromatic heterocycles. The van der Waals surface area contributed by atoms with E-state index in [2.05, 4.69) is 59.5 Å². The Morgan fingerprint density at radius 1 is 1.21 bits per heavy atom. The predicted molar refractivity (Wildman–Crippen MR) is 136 cm³/mol. The Bertz CT molecular complexity index is 643. The van der Waals surface area contributed by atoms with Gasteiger partial charge in [-0.2, -0.15) is 11.8 Å². The molecule has 0 amide bonds. The lowest BCUT2D eigenvalue weighted by molar-refractivity contribution is 0.0793. The van der Waals surface area contributed by atoms with Gasteiger partial charge in [0.2, 0.25) is 0 Å². The van der Waals surface area contributed by atoms with Crippen LogP contribution in [0.3, 0.4) is 0 Å². The zero-order valence-corrected chi connectivity index (χ0v) is 21.3. The normalized spacial score (nSPS) is 20.2. The molecule has 2 aliphatic rings. The van der Waals surface area contributed by atoms with E-state index in [0.717, 1.165) is 77.8 Å². The van der Waals surface area contributed by atoms with Crippen LogP contribution in [-0.2, 0) is 11.3 Å². The number of thioether (sulfide) groups is 1. The maximum Gasteiger partial charge on any atom is 0.194 e. The molecule has 3 rings (SSSR count). The summed E-state index contributed by atoms with van der Waals surface area (Å²) in [5.74, 6) is 1.08. The Labute approximate surface area is 198 Å². The van der Waals surface area contributed by atoms with Gasteiger partial charge < -0.3 is 15.0 Å². The minimum absolute atomic E-state index is 0. The zero-order chi connectivity index (χ0) is 19.8. The number of halogens is 1. The Morgan fingerprint density at radius 3 is 2.55 bits per heavy atom. The summed E-state index contributed by atoms with van der Waals surface area (Å²) in [5, 5.41) is 3.52. The van der Waals surface area contributed by atoms with Crippen molar-refractivity contribution in [2.24, 2.45) is 4.99 Å². The van der Waals surface area contributed by atoms with Crippen molar-refractivity contribution < 1.29 is 4.74 Å². The largest absolute Gasteiger partial charge is 0.381 e. The summed E-state index contributed by atoms with van der Waals surface area (Å²) in [6, 6.07) is 8.86. The van der Waals surface area contributed by atoms with E-state index in [-0.39, 0.29) is 28.7 Å². The van der Waals surface area contributed by atoms with Gasteiger partial charge >= 0.3 is 0 Å². The molecule has 164 valence electrons. The average molecular weight is 533 g/mol. The first-order valence-electron chi connectivity index (χ1n) is 10.6. The molecular weight excluding hydrogens is 495 g/mol. The van der Waals surface area contributed by atoms with Crippen molar-refractivity contribution in [3.63, 3.8) is 0 Å². The van der Waals surface area contributed by atoms with E-state index >= 15 is 0 Å². The number of benzene rings is 1. The van der Waals surface area contributed by atoms with Crippen LogP contribution in [-0.4, -0.2) is 79.2 Å². The molecule has 2 aliphatic heterocycles. The molecule has 29 heavy (non-hydrogen) atoms.